The molecule has 1 heterocycles. The number of carbonyl (C=O) groups is 2. The van der Waals surface area contributed by atoms with Gasteiger partial charge in [-0.05, 0) is 32.4 Å². The van der Waals surface area contributed by atoms with Crippen LogP contribution in [0.2, 0.25) is 0 Å². The third-order valence-corrected chi connectivity index (χ3v) is 3.69. The second-order valence-electron chi connectivity index (χ2n) is 5.29. The van der Waals surface area contributed by atoms with Crippen LogP contribution >= 0.6 is 0 Å². The van der Waals surface area contributed by atoms with Crippen molar-refractivity contribution in [3.63, 3.8) is 0 Å². The van der Waals surface area contributed by atoms with Crippen molar-refractivity contribution in [3.05, 3.63) is 34.9 Å². The number of esters is 1. The van der Waals surface area contributed by atoms with Crippen molar-refractivity contribution in [1.82, 2.24) is 10.2 Å². The van der Waals surface area contributed by atoms with E-state index in [0.717, 1.165) is 11.1 Å². The van der Waals surface area contributed by atoms with Gasteiger partial charge in [-0.15, -0.1) is 0 Å². The molecule has 0 bridgehead atoms. The van der Waals surface area contributed by atoms with Crippen LogP contribution in [0.15, 0.2) is 18.2 Å². The number of nitrogens with zero attached hydrogens (tertiary/aromatic N) is 1. The molecule has 2 rings (SSSR count). The topological polar surface area (TPSA) is 58.6 Å². The van der Waals surface area contributed by atoms with Gasteiger partial charge in [0, 0.05) is 25.2 Å². The fourth-order valence-corrected chi connectivity index (χ4v) is 2.52. The van der Waals surface area contributed by atoms with Gasteiger partial charge in [-0.1, -0.05) is 17.7 Å². The van der Waals surface area contributed by atoms with E-state index in [2.05, 4.69) is 5.32 Å². The van der Waals surface area contributed by atoms with Crippen LogP contribution in [0.5, 0.6) is 0 Å². The van der Waals surface area contributed by atoms with Gasteiger partial charge in [-0.3, -0.25) is 4.79 Å². The Balaban J connectivity index is 2.26. The number of benzene rings is 1. The molecule has 1 N–H and O–H groups in total. The first-order chi connectivity index (χ1) is 10.0. The fraction of sp³-hybridized carbons (Fsp3) is 0.500. The van der Waals surface area contributed by atoms with Crippen LogP contribution in [-0.4, -0.2) is 49.1 Å². The van der Waals surface area contributed by atoms with Crippen molar-refractivity contribution in [3.8, 4) is 0 Å². The third-order valence-electron chi connectivity index (χ3n) is 3.69. The normalized spacial score (nSPS) is 18.4. The number of rotatable bonds is 3. The summed E-state index contributed by atoms with van der Waals surface area (Å²) in [7, 11) is 0. The molecule has 1 saturated heterocycles. The van der Waals surface area contributed by atoms with E-state index < -0.39 is 6.04 Å². The molecule has 0 spiro atoms. The Hall–Kier alpha value is -1.88. The molecule has 1 fully saturated rings. The predicted molar refractivity (Wildman–Crippen MR) is 80.2 cm³/mol. The van der Waals surface area contributed by atoms with E-state index in [1.807, 2.05) is 32.0 Å². The molecule has 114 valence electrons. The zero-order chi connectivity index (χ0) is 15.4. The van der Waals surface area contributed by atoms with Gasteiger partial charge in [0.25, 0.3) is 5.91 Å². The van der Waals surface area contributed by atoms with Crippen molar-refractivity contribution in [2.24, 2.45) is 0 Å². The zero-order valence-corrected chi connectivity index (χ0v) is 12.8. The molecule has 5 nitrogen and oxygen atoms in total. The molecule has 5 heteroatoms. The number of hydrogen-bond acceptors (Lipinski definition) is 4. The standard InChI is InChI=1S/C16H22N2O3/c1-4-21-16(20)14-10-17-7-8-18(14)15(19)13-9-11(2)5-6-12(13)3/h5-6,9,14,17H,4,7-8,10H2,1-3H3. The molecule has 0 radical (unpaired) electrons. The lowest BCUT2D eigenvalue weighted by Crippen LogP contribution is -2.57. The van der Waals surface area contributed by atoms with Crippen LogP contribution in [-0.2, 0) is 9.53 Å². The van der Waals surface area contributed by atoms with Gasteiger partial charge in [-0.25, -0.2) is 4.79 Å². The monoisotopic (exact) mass is 290 g/mol. The van der Waals surface area contributed by atoms with E-state index in [1.54, 1.807) is 11.8 Å². The largest absolute Gasteiger partial charge is 0.464 e. The van der Waals surface area contributed by atoms with Gasteiger partial charge >= 0.3 is 5.97 Å². The highest BCUT2D eigenvalue weighted by molar-refractivity contribution is 5.98. The number of aryl methyl sites for hydroxylation is 2. The predicted octanol–water partition coefficient (Wildman–Crippen LogP) is 1.28. The summed E-state index contributed by atoms with van der Waals surface area (Å²) in [5.74, 6) is -0.445. The minimum Gasteiger partial charge on any atom is -0.464 e. The number of carbonyl (C=O) groups excluding carboxylic acids is 2. The number of piperazine rings is 1. The van der Waals surface area contributed by atoms with E-state index in [1.165, 1.54) is 0 Å². The lowest BCUT2D eigenvalue weighted by atomic mass is 10.0. The summed E-state index contributed by atoms with van der Waals surface area (Å²) in [5.41, 5.74) is 2.62. The average Bonchev–Trinajstić information content (AvgIpc) is 2.49. The molecule has 21 heavy (non-hydrogen) atoms. The minimum absolute atomic E-state index is 0.101. The summed E-state index contributed by atoms with van der Waals surface area (Å²) in [5, 5.41) is 3.14. The first-order valence-corrected chi connectivity index (χ1v) is 7.30. The molecule has 1 aliphatic heterocycles. The van der Waals surface area contributed by atoms with E-state index >= 15 is 0 Å². The van der Waals surface area contributed by atoms with Gasteiger partial charge in [0.05, 0.1) is 6.61 Å². The first kappa shape index (κ1) is 15.5. The second kappa shape index (κ2) is 6.72. The van der Waals surface area contributed by atoms with Crippen LogP contribution in [0.25, 0.3) is 0 Å². The van der Waals surface area contributed by atoms with Crippen LogP contribution in [0.3, 0.4) is 0 Å². The summed E-state index contributed by atoms with van der Waals surface area (Å²) in [6.07, 6.45) is 0. The summed E-state index contributed by atoms with van der Waals surface area (Å²) in [4.78, 5) is 26.4. The van der Waals surface area contributed by atoms with Crippen LogP contribution < -0.4 is 5.32 Å². The maximum absolute atomic E-state index is 12.8. The number of hydrogen-bond donors (Lipinski definition) is 1. The fourth-order valence-electron chi connectivity index (χ4n) is 2.52. The maximum atomic E-state index is 12.8. The highest BCUT2D eigenvalue weighted by Gasteiger charge is 2.34. The Morgan fingerprint density at radius 3 is 2.86 bits per heavy atom. The van der Waals surface area contributed by atoms with Gasteiger partial charge in [0.1, 0.15) is 6.04 Å². The summed E-state index contributed by atoms with van der Waals surface area (Å²) in [6.45, 7) is 7.59. The molecule has 0 aliphatic carbocycles. The number of ether oxygens (including phenoxy) is 1. The number of amides is 1. The van der Waals surface area contributed by atoms with Crippen molar-refractivity contribution in [2.45, 2.75) is 26.8 Å². The molecule has 1 aromatic rings. The molecular formula is C16H22N2O3. The lowest BCUT2D eigenvalue weighted by Gasteiger charge is -2.34. The molecule has 1 unspecified atom stereocenters. The molecule has 1 aliphatic rings. The number of nitrogens with one attached hydrogen (secondary N) is 1. The van der Waals surface area contributed by atoms with Crippen LogP contribution in [0, 0.1) is 13.8 Å². The van der Waals surface area contributed by atoms with Crippen molar-refractivity contribution in [1.29, 1.82) is 0 Å². The zero-order valence-electron chi connectivity index (χ0n) is 12.8. The lowest BCUT2D eigenvalue weighted by molar-refractivity contribution is -0.149. The van der Waals surface area contributed by atoms with Gasteiger partial charge in [-0.2, -0.15) is 0 Å². The van der Waals surface area contributed by atoms with Crippen LogP contribution in [0.1, 0.15) is 28.4 Å². The minimum atomic E-state index is -0.550. The molecule has 1 atom stereocenters. The molecule has 0 aromatic heterocycles. The first-order valence-electron chi connectivity index (χ1n) is 7.30. The Morgan fingerprint density at radius 2 is 2.14 bits per heavy atom. The summed E-state index contributed by atoms with van der Waals surface area (Å²) in [6, 6.07) is 5.24. The summed E-state index contributed by atoms with van der Waals surface area (Å²) < 4.78 is 5.08. The third kappa shape index (κ3) is 3.42. The summed E-state index contributed by atoms with van der Waals surface area (Å²) >= 11 is 0. The Kier molecular flexibility index (Phi) is 4.96. The van der Waals surface area contributed by atoms with E-state index in [0.29, 0.717) is 31.8 Å². The smallest absolute Gasteiger partial charge is 0.330 e. The van der Waals surface area contributed by atoms with Gasteiger partial charge < -0.3 is 15.0 Å². The van der Waals surface area contributed by atoms with Gasteiger partial charge in [0.15, 0.2) is 0 Å². The molecule has 0 saturated carbocycles. The van der Waals surface area contributed by atoms with Crippen LogP contribution in [0.4, 0.5) is 0 Å². The quantitative estimate of drug-likeness (QED) is 0.852. The van der Waals surface area contributed by atoms with E-state index in [-0.39, 0.29) is 11.9 Å². The van der Waals surface area contributed by atoms with Crippen molar-refractivity contribution < 1.29 is 14.3 Å². The Labute approximate surface area is 125 Å². The van der Waals surface area contributed by atoms with Gasteiger partial charge in [0.2, 0.25) is 0 Å². The molecular weight excluding hydrogens is 268 g/mol. The average molecular weight is 290 g/mol. The highest BCUT2D eigenvalue weighted by atomic mass is 16.5. The maximum Gasteiger partial charge on any atom is 0.330 e. The Bertz CT molecular complexity index is 542. The molecule has 1 aromatic carbocycles. The van der Waals surface area contributed by atoms with Crippen molar-refractivity contribution >= 4 is 11.9 Å². The SMILES string of the molecule is CCOC(=O)C1CNCCN1C(=O)c1cc(C)ccc1C. The second-order valence-corrected chi connectivity index (χ2v) is 5.29. The molecule has 1 amide bonds. The highest BCUT2D eigenvalue weighted by Crippen LogP contribution is 2.16. The Morgan fingerprint density at radius 1 is 1.38 bits per heavy atom. The van der Waals surface area contributed by atoms with Crippen molar-refractivity contribution in [2.75, 3.05) is 26.2 Å². The van der Waals surface area contributed by atoms with E-state index in [9.17, 15) is 9.59 Å². The van der Waals surface area contributed by atoms with E-state index in [4.69, 9.17) is 4.74 Å².